The summed E-state index contributed by atoms with van der Waals surface area (Å²) >= 11 is 1.67. The molecule has 1 N–H and O–H groups in total. The van der Waals surface area contributed by atoms with Gasteiger partial charge in [0.05, 0.1) is 17.3 Å². The van der Waals surface area contributed by atoms with Crippen LogP contribution in [0.3, 0.4) is 0 Å². The van der Waals surface area contributed by atoms with Crippen LogP contribution < -0.4 is 4.74 Å². The Balaban J connectivity index is 2.09. The molecule has 4 heteroatoms. The first-order valence-corrected chi connectivity index (χ1v) is 7.26. The van der Waals surface area contributed by atoms with Gasteiger partial charge in [0.1, 0.15) is 12.4 Å². The van der Waals surface area contributed by atoms with Gasteiger partial charge >= 0.3 is 0 Å². The maximum Gasteiger partial charge on any atom is 0.131 e. The van der Waals surface area contributed by atoms with Gasteiger partial charge in [0.2, 0.25) is 0 Å². The van der Waals surface area contributed by atoms with E-state index in [0.717, 1.165) is 27.6 Å². The van der Waals surface area contributed by atoms with Gasteiger partial charge in [0, 0.05) is 16.9 Å². The normalized spacial score (nSPS) is 11.0. The van der Waals surface area contributed by atoms with Gasteiger partial charge in [-0.25, -0.2) is 4.98 Å². The van der Waals surface area contributed by atoms with Crippen molar-refractivity contribution in [1.29, 1.82) is 0 Å². The van der Waals surface area contributed by atoms with E-state index < -0.39 is 0 Å². The highest BCUT2D eigenvalue weighted by molar-refractivity contribution is 7.09. The smallest absolute Gasteiger partial charge is 0.131 e. The molecule has 0 aliphatic carbocycles. The van der Waals surface area contributed by atoms with E-state index in [9.17, 15) is 5.11 Å². The molecule has 0 bridgehead atoms. The van der Waals surface area contributed by atoms with E-state index >= 15 is 0 Å². The molecule has 0 spiro atoms. The largest absolute Gasteiger partial charge is 0.487 e. The third-order valence-electron chi connectivity index (χ3n) is 2.89. The summed E-state index contributed by atoms with van der Waals surface area (Å²) in [5, 5.41) is 12.5. The van der Waals surface area contributed by atoms with Crippen molar-refractivity contribution in [3.05, 3.63) is 45.4 Å². The molecule has 2 rings (SSSR count). The molecule has 3 nitrogen and oxygen atoms in total. The van der Waals surface area contributed by atoms with Crippen molar-refractivity contribution in [2.24, 2.45) is 0 Å². The van der Waals surface area contributed by atoms with Gasteiger partial charge < -0.3 is 9.84 Å². The summed E-state index contributed by atoms with van der Waals surface area (Å²) in [6.07, 6.45) is 0. The molecule has 1 aromatic heterocycles. The van der Waals surface area contributed by atoms with Crippen LogP contribution >= 0.6 is 11.3 Å². The van der Waals surface area contributed by atoms with Crippen molar-refractivity contribution in [1.82, 2.24) is 4.98 Å². The number of aryl methyl sites for hydroxylation is 1. The number of thiazole rings is 1. The van der Waals surface area contributed by atoms with E-state index in [1.165, 1.54) is 0 Å². The minimum Gasteiger partial charge on any atom is -0.487 e. The summed E-state index contributed by atoms with van der Waals surface area (Å²) in [5.41, 5.74) is 2.80. The fourth-order valence-corrected chi connectivity index (χ4v) is 2.66. The van der Waals surface area contributed by atoms with E-state index in [0.29, 0.717) is 12.5 Å². The first-order chi connectivity index (χ1) is 9.11. The zero-order valence-corrected chi connectivity index (χ0v) is 12.3. The fourth-order valence-electron chi connectivity index (χ4n) is 1.84. The Bertz CT molecular complexity index is 549. The topological polar surface area (TPSA) is 42.4 Å². The Morgan fingerprint density at radius 2 is 2.16 bits per heavy atom. The van der Waals surface area contributed by atoms with Crippen LogP contribution in [-0.4, -0.2) is 10.1 Å². The number of nitrogens with zero attached hydrogens (tertiary/aromatic N) is 1. The summed E-state index contributed by atoms with van der Waals surface area (Å²) in [7, 11) is 0. The van der Waals surface area contributed by atoms with Crippen LogP contribution in [0.15, 0.2) is 23.6 Å². The summed E-state index contributed by atoms with van der Waals surface area (Å²) < 4.78 is 5.82. The number of para-hydroxylation sites is 1. The van der Waals surface area contributed by atoms with Crippen molar-refractivity contribution in [3.63, 3.8) is 0 Å². The molecular formula is C15H19NO2S. The number of aliphatic hydroxyl groups is 1. The Morgan fingerprint density at radius 3 is 2.79 bits per heavy atom. The monoisotopic (exact) mass is 277 g/mol. The first kappa shape index (κ1) is 14.0. The molecule has 0 unspecified atom stereocenters. The second kappa shape index (κ2) is 6.17. The average molecular weight is 277 g/mol. The minimum atomic E-state index is -0.00861. The second-order valence-corrected chi connectivity index (χ2v) is 5.73. The van der Waals surface area contributed by atoms with Crippen LogP contribution in [-0.2, 0) is 13.2 Å². The lowest BCUT2D eigenvalue weighted by Crippen LogP contribution is -2.01. The minimum absolute atomic E-state index is 0.00861. The molecule has 1 aromatic carbocycles. The van der Waals surface area contributed by atoms with Gasteiger partial charge in [0.15, 0.2) is 0 Å². The molecule has 0 amide bonds. The van der Waals surface area contributed by atoms with Gasteiger partial charge in [-0.15, -0.1) is 11.3 Å². The van der Waals surface area contributed by atoms with Crippen molar-refractivity contribution in [3.8, 4) is 5.75 Å². The number of rotatable bonds is 5. The quantitative estimate of drug-likeness (QED) is 0.907. The highest BCUT2D eigenvalue weighted by atomic mass is 32.1. The number of benzene rings is 1. The van der Waals surface area contributed by atoms with Crippen LogP contribution in [0.2, 0.25) is 0 Å². The lowest BCUT2D eigenvalue weighted by molar-refractivity contribution is 0.256. The third-order valence-corrected chi connectivity index (χ3v) is 4.09. The molecule has 0 radical (unpaired) electrons. The summed E-state index contributed by atoms with van der Waals surface area (Å²) in [6, 6.07) is 5.78. The van der Waals surface area contributed by atoms with Crippen LogP contribution in [0.25, 0.3) is 0 Å². The van der Waals surface area contributed by atoms with Crippen molar-refractivity contribution >= 4 is 11.3 Å². The predicted octanol–water partition coefficient (Wildman–Crippen LogP) is 3.65. The van der Waals surface area contributed by atoms with Gasteiger partial charge in [0.25, 0.3) is 0 Å². The fraction of sp³-hybridized carbons (Fsp3) is 0.400. The molecular weight excluding hydrogens is 258 g/mol. The Morgan fingerprint density at radius 1 is 1.37 bits per heavy atom. The predicted molar refractivity (Wildman–Crippen MR) is 77.6 cm³/mol. The molecule has 19 heavy (non-hydrogen) atoms. The number of hydrogen-bond acceptors (Lipinski definition) is 4. The highest BCUT2D eigenvalue weighted by Crippen LogP contribution is 2.25. The molecule has 0 saturated carbocycles. The SMILES string of the molecule is Cc1cccc(CO)c1OCc1csc(C(C)C)n1. The maximum absolute atomic E-state index is 9.32. The molecule has 102 valence electrons. The van der Waals surface area contributed by atoms with E-state index in [1.54, 1.807) is 11.3 Å². The zero-order chi connectivity index (χ0) is 13.8. The van der Waals surface area contributed by atoms with Crippen molar-refractivity contribution < 1.29 is 9.84 Å². The summed E-state index contributed by atoms with van der Waals surface area (Å²) in [4.78, 5) is 4.54. The summed E-state index contributed by atoms with van der Waals surface area (Å²) in [6.45, 7) is 6.69. The third kappa shape index (κ3) is 3.33. The standard InChI is InChI=1S/C15H19NO2S/c1-10(2)15-16-13(9-19-15)8-18-14-11(3)5-4-6-12(14)7-17/h4-6,9-10,17H,7-8H2,1-3H3. The molecule has 0 aliphatic rings. The highest BCUT2D eigenvalue weighted by Gasteiger charge is 2.09. The second-order valence-electron chi connectivity index (χ2n) is 4.84. The first-order valence-electron chi connectivity index (χ1n) is 6.38. The Hall–Kier alpha value is -1.39. The number of ether oxygens (including phenoxy) is 1. The average Bonchev–Trinajstić information content (AvgIpc) is 2.86. The van der Waals surface area contributed by atoms with E-state index in [4.69, 9.17) is 4.74 Å². The lowest BCUT2D eigenvalue weighted by atomic mass is 10.1. The van der Waals surface area contributed by atoms with Gasteiger partial charge in [-0.2, -0.15) is 0 Å². The van der Waals surface area contributed by atoms with E-state index in [2.05, 4.69) is 18.8 Å². The van der Waals surface area contributed by atoms with Crippen LogP contribution in [0, 0.1) is 6.92 Å². The summed E-state index contributed by atoms with van der Waals surface area (Å²) in [5.74, 6) is 1.22. The lowest BCUT2D eigenvalue weighted by Gasteiger charge is -2.11. The number of aromatic nitrogens is 1. The molecule has 1 heterocycles. The van der Waals surface area contributed by atoms with Crippen LogP contribution in [0.4, 0.5) is 0 Å². The van der Waals surface area contributed by atoms with E-state index in [-0.39, 0.29) is 6.61 Å². The van der Waals surface area contributed by atoms with E-state index in [1.807, 2.05) is 30.5 Å². The number of hydrogen-bond donors (Lipinski definition) is 1. The van der Waals surface area contributed by atoms with Gasteiger partial charge in [-0.05, 0) is 12.5 Å². The molecule has 0 atom stereocenters. The molecule has 0 fully saturated rings. The van der Waals surface area contributed by atoms with Crippen LogP contribution in [0.1, 0.15) is 41.6 Å². The Labute approximate surface area is 117 Å². The van der Waals surface area contributed by atoms with Crippen molar-refractivity contribution in [2.45, 2.75) is 39.9 Å². The Kier molecular flexibility index (Phi) is 4.56. The van der Waals surface area contributed by atoms with Crippen LogP contribution in [0.5, 0.6) is 5.75 Å². The van der Waals surface area contributed by atoms with Gasteiger partial charge in [-0.1, -0.05) is 32.0 Å². The molecule has 0 aliphatic heterocycles. The molecule has 2 aromatic rings. The molecule has 0 saturated heterocycles. The maximum atomic E-state index is 9.32. The van der Waals surface area contributed by atoms with Gasteiger partial charge in [-0.3, -0.25) is 0 Å². The number of aliphatic hydroxyl groups excluding tert-OH is 1. The zero-order valence-electron chi connectivity index (χ0n) is 11.5. The van der Waals surface area contributed by atoms with Crippen molar-refractivity contribution in [2.75, 3.05) is 0 Å².